The summed E-state index contributed by atoms with van der Waals surface area (Å²) in [6.45, 7) is 1.87. The number of nitrogens with zero attached hydrogens (tertiary/aromatic N) is 1. The second-order valence-electron chi connectivity index (χ2n) is 8.76. The Morgan fingerprint density at radius 1 is 1.06 bits per heavy atom. The second kappa shape index (κ2) is 10.3. The third-order valence-electron chi connectivity index (χ3n) is 6.55. The summed E-state index contributed by atoms with van der Waals surface area (Å²) in [5.41, 5.74) is 4.58. The van der Waals surface area contributed by atoms with Crippen molar-refractivity contribution in [3.63, 3.8) is 0 Å². The van der Waals surface area contributed by atoms with Crippen LogP contribution in [0.15, 0.2) is 48.5 Å². The lowest BCUT2D eigenvalue weighted by Crippen LogP contribution is -2.50. The molecule has 8 nitrogen and oxygen atoms in total. The molecule has 1 fully saturated rings. The van der Waals surface area contributed by atoms with E-state index in [1.807, 2.05) is 24.3 Å². The number of alkyl carbamates (subject to hydrolysis) is 1. The van der Waals surface area contributed by atoms with E-state index in [0.29, 0.717) is 0 Å². The molecule has 2 unspecified atom stereocenters. The van der Waals surface area contributed by atoms with Gasteiger partial charge in [-0.25, -0.2) is 9.59 Å². The maximum Gasteiger partial charge on any atom is 0.407 e. The van der Waals surface area contributed by atoms with Crippen molar-refractivity contribution in [2.45, 2.75) is 50.3 Å². The van der Waals surface area contributed by atoms with Crippen LogP contribution in [0.3, 0.4) is 0 Å². The molecule has 34 heavy (non-hydrogen) atoms. The first-order valence-electron chi connectivity index (χ1n) is 11.6. The fourth-order valence-corrected chi connectivity index (χ4v) is 4.62. The number of carbonyl (C=O) groups excluding carboxylic acids is 2. The van der Waals surface area contributed by atoms with Gasteiger partial charge in [-0.3, -0.25) is 4.79 Å². The van der Waals surface area contributed by atoms with Crippen LogP contribution in [0.4, 0.5) is 4.79 Å². The molecule has 180 valence electrons. The average molecular weight is 467 g/mol. The first-order chi connectivity index (χ1) is 16.4. The van der Waals surface area contributed by atoms with Crippen molar-refractivity contribution >= 4 is 18.0 Å². The van der Waals surface area contributed by atoms with Gasteiger partial charge >= 0.3 is 12.1 Å². The van der Waals surface area contributed by atoms with Gasteiger partial charge in [0.05, 0.1) is 0 Å². The number of carboxylic acid groups (broad SMARTS) is 1. The van der Waals surface area contributed by atoms with Crippen molar-refractivity contribution < 1.29 is 29.0 Å². The Bertz CT molecular complexity index is 1020. The summed E-state index contributed by atoms with van der Waals surface area (Å²) in [6, 6.07) is 15.2. The third-order valence-corrected chi connectivity index (χ3v) is 6.55. The first-order valence-corrected chi connectivity index (χ1v) is 11.6. The molecule has 0 aromatic heterocycles. The maximum absolute atomic E-state index is 12.9. The number of nitrogens with one attached hydrogen (secondary N) is 1. The minimum absolute atomic E-state index is 0.0314. The lowest BCUT2D eigenvalue weighted by atomic mass is 9.98. The van der Waals surface area contributed by atoms with E-state index in [2.05, 4.69) is 29.6 Å². The van der Waals surface area contributed by atoms with Crippen LogP contribution >= 0.6 is 0 Å². The Labute approximate surface area is 198 Å². The predicted octanol–water partition coefficient (Wildman–Crippen LogP) is 3.39. The van der Waals surface area contributed by atoms with E-state index in [4.69, 9.17) is 9.47 Å². The molecule has 0 radical (unpaired) electrons. The van der Waals surface area contributed by atoms with Gasteiger partial charge in [0.2, 0.25) is 0 Å². The smallest absolute Gasteiger partial charge is 0.407 e. The van der Waals surface area contributed by atoms with Gasteiger partial charge in [-0.2, -0.15) is 0 Å². The zero-order valence-electron chi connectivity index (χ0n) is 19.4. The van der Waals surface area contributed by atoms with Crippen LogP contribution in [-0.2, 0) is 19.1 Å². The summed E-state index contributed by atoms with van der Waals surface area (Å²) >= 11 is 0. The van der Waals surface area contributed by atoms with Crippen LogP contribution < -0.4 is 5.32 Å². The molecule has 0 aliphatic heterocycles. The molecule has 0 saturated heterocycles. The Kier molecular flexibility index (Phi) is 7.17. The van der Waals surface area contributed by atoms with Gasteiger partial charge in [-0.1, -0.05) is 48.5 Å². The molecule has 2 aromatic carbocycles. The Hall–Kier alpha value is -3.39. The Morgan fingerprint density at radius 2 is 1.65 bits per heavy atom. The maximum atomic E-state index is 12.9. The van der Waals surface area contributed by atoms with Gasteiger partial charge in [-0.15, -0.1) is 0 Å². The number of hydrogen-bond acceptors (Lipinski definition) is 5. The van der Waals surface area contributed by atoms with E-state index in [0.717, 1.165) is 35.1 Å². The normalized spacial score (nSPS) is 16.2. The van der Waals surface area contributed by atoms with Crippen LogP contribution in [0, 0.1) is 0 Å². The number of methoxy groups -OCH3 is 1. The van der Waals surface area contributed by atoms with Gasteiger partial charge in [-0.05, 0) is 42.0 Å². The number of benzene rings is 2. The van der Waals surface area contributed by atoms with Gasteiger partial charge < -0.3 is 24.8 Å². The summed E-state index contributed by atoms with van der Waals surface area (Å²) in [5, 5.41) is 12.0. The number of amides is 2. The molecular weight excluding hydrogens is 436 g/mol. The topological polar surface area (TPSA) is 105 Å². The summed E-state index contributed by atoms with van der Waals surface area (Å²) in [7, 11) is 1.41. The van der Waals surface area contributed by atoms with Crippen molar-refractivity contribution in [3.8, 4) is 11.1 Å². The Morgan fingerprint density at radius 3 is 2.18 bits per heavy atom. The van der Waals surface area contributed by atoms with E-state index < -0.39 is 24.2 Å². The number of ether oxygens (including phenoxy) is 2. The monoisotopic (exact) mass is 466 g/mol. The molecular formula is C26H30N2O6. The number of rotatable bonds is 10. The van der Waals surface area contributed by atoms with Gasteiger partial charge in [0.25, 0.3) is 5.91 Å². The van der Waals surface area contributed by atoms with E-state index in [-0.39, 0.29) is 37.4 Å². The molecule has 4 rings (SSSR count). The number of carboxylic acids is 1. The lowest BCUT2D eigenvalue weighted by molar-refractivity contribution is -0.155. The van der Waals surface area contributed by atoms with Crippen LogP contribution in [0.2, 0.25) is 0 Å². The SMILES string of the molecule is COC(CCNC(=O)OCC1c2ccccc2-c2ccccc21)C(=O)N(C1CC1)C(C)C(=O)O. The van der Waals surface area contributed by atoms with Gasteiger partial charge in [0, 0.05) is 32.0 Å². The molecule has 2 N–H and O–H groups in total. The lowest BCUT2D eigenvalue weighted by Gasteiger charge is -2.30. The van der Waals surface area contributed by atoms with Crippen LogP contribution in [0.1, 0.15) is 43.2 Å². The zero-order chi connectivity index (χ0) is 24.2. The predicted molar refractivity (Wildman–Crippen MR) is 125 cm³/mol. The zero-order valence-corrected chi connectivity index (χ0v) is 19.4. The van der Waals surface area contributed by atoms with Gasteiger partial charge in [0.1, 0.15) is 18.8 Å². The molecule has 2 amide bonds. The molecule has 0 spiro atoms. The van der Waals surface area contributed by atoms with E-state index in [1.54, 1.807) is 0 Å². The van der Waals surface area contributed by atoms with Crippen molar-refractivity contribution in [1.29, 1.82) is 0 Å². The van der Waals surface area contributed by atoms with Crippen LogP contribution in [0.25, 0.3) is 11.1 Å². The molecule has 0 heterocycles. The number of carbonyl (C=O) groups is 3. The minimum Gasteiger partial charge on any atom is -0.480 e. The highest BCUT2D eigenvalue weighted by Crippen LogP contribution is 2.44. The van der Waals surface area contributed by atoms with Crippen molar-refractivity contribution in [2.75, 3.05) is 20.3 Å². The largest absolute Gasteiger partial charge is 0.480 e. The molecule has 2 aliphatic carbocycles. The number of fused-ring (bicyclic) bond motifs is 3. The third kappa shape index (κ3) is 4.92. The minimum atomic E-state index is -1.05. The van der Waals surface area contributed by atoms with Crippen molar-refractivity contribution in [1.82, 2.24) is 10.2 Å². The summed E-state index contributed by atoms with van der Waals surface area (Å²) in [6.07, 6.45) is 0.392. The average Bonchev–Trinajstić information content (AvgIpc) is 3.62. The highest BCUT2D eigenvalue weighted by Gasteiger charge is 2.41. The summed E-state index contributed by atoms with van der Waals surface area (Å²) < 4.78 is 10.8. The standard InChI is InChI=1S/C26H30N2O6/c1-16(25(30)31)28(17-11-12-17)24(29)23(33-2)13-14-27-26(32)34-15-22-20-9-5-3-7-18(20)19-8-4-6-10-21(19)22/h3-10,16-17,22-23H,11-15H2,1-2H3,(H,27,32)(H,30,31). The van der Waals surface area contributed by atoms with E-state index >= 15 is 0 Å². The molecule has 0 bridgehead atoms. The summed E-state index contributed by atoms with van der Waals surface area (Å²) in [4.78, 5) is 38.1. The number of aliphatic carboxylic acids is 1. The highest BCUT2D eigenvalue weighted by molar-refractivity contribution is 5.87. The van der Waals surface area contributed by atoms with Crippen molar-refractivity contribution in [3.05, 3.63) is 59.7 Å². The molecule has 1 saturated carbocycles. The molecule has 2 aromatic rings. The highest BCUT2D eigenvalue weighted by atomic mass is 16.5. The summed E-state index contributed by atoms with van der Waals surface area (Å²) in [5.74, 6) is -1.45. The number of hydrogen-bond donors (Lipinski definition) is 2. The molecule has 2 aliphatic rings. The fourth-order valence-electron chi connectivity index (χ4n) is 4.62. The molecule has 2 atom stereocenters. The van der Waals surface area contributed by atoms with Gasteiger partial charge in [0.15, 0.2) is 0 Å². The quantitative estimate of drug-likeness (QED) is 0.556. The van der Waals surface area contributed by atoms with E-state index in [1.165, 1.54) is 18.9 Å². The van der Waals surface area contributed by atoms with Crippen molar-refractivity contribution in [2.24, 2.45) is 0 Å². The van der Waals surface area contributed by atoms with E-state index in [9.17, 15) is 19.5 Å². The second-order valence-corrected chi connectivity index (χ2v) is 8.76. The fraction of sp³-hybridized carbons (Fsp3) is 0.423. The van der Waals surface area contributed by atoms with Crippen LogP contribution in [0.5, 0.6) is 0 Å². The molecule has 8 heteroatoms. The first kappa shape index (κ1) is 23.8. The van der Waals surface area contributed by atoms with Crippen LogP contribution in [-0.4, -0.2) is 66.4 Å². The Balaban J connectivity index is 1.30.